The molecule has 4 heteroatoms. The van der Waals surface area contributed by atoms with E-state index in [0.717, 1.165) is 12.8 Å². The zero-order chi connectivity index (χ0) is 16.8. The first-order chi connectivity index (χ1) is 11.0. The van der Waals surface area contributed by atoms with Crippen LogP contribution in [0, 0.1) is 0 Å². The standard InChI is InChI=1S/C19H27NO3/c1-4-18(21)15-9-11-17(12-10-15)23-13-19(22)20(14(2)3)16-7-5-6-8-16/h9-12,14,16H,4-8,13H2,1-3H3. The fourth-order valence-electron chi connectivity index (χ4n) is 3.26. The first kappa shape index (κ1) is 17.5. The molecule has 1 saturated carbocycles. The van der Waals surface area contributed by atoms with Gasteiger partial charge >= 0.3 is 0 Å². The van der Waals surface area contributed by atoms with E-state index < -0.39 is 0 Å². The fourth-order valence-corrected chi connectivity index (χ4v) is 3.26. The number of ether oxygens (including phenoxy) is 1. The number of carbonyl (C=O) groups is 2. The summed E-state index contributed by atoms with van der Waals surface area (Å²) in [6.07, 6.45) is 5.09. The van der Waals surface area contributed by atoms with Crippen LogP contribution in [0.25, 0.3) is 0 Å². The number of nitrogens with zero attached hydrogens (tertiary/aromatic N) is 1. The highest BCUT2D eigenvalue weighted by atomic mass is 16.5. The monoisotopic (exact) mass is 317 g/mol. The number of benzene rings is 1. The molecule has 0 aromatic heterocycles. The lowest BCUT2D eigenvalue weighted by Gasteiger charge is -2.32. The molecular weight excluding hydrogens is 290 g/mol. The molecule has 0 spiro atoms. The SMILES string of the molecule is CCC(=O)c1ccc(OCC(=O)N(C(C)C)C2CCCC2)cc1. The maximum Gasteiger partial charge on any atom is 0.260 e. The van der Waals surface area contributed by atoms with Crippen LogP contribution in [0.2, 0.25) is 0 Å². The summed E-state index contributed by atoms with van der Waals surface area (Å²) in [5.41, 5.74) is 0.681. The number of Topliss-reactive ketones (excluding diaryl/α,β-unsaturated/α-hetero) is 1. The Kier molecular flexibility index (Phi) is 6.20. The van der Waals surface area contributed by atoms with Crippen LogP contribution in [0.5, 0.6) is 5.75 Å². The largest absolute Gasteiger partial charge is 0.484 e. The third-order valence-electron chi connectivity index (χ3n) is 4.42. The molecule has 1 aromatic rings. The smallest absolute Gasteiger partial charge is 0.260 e. The summed E-state index contributed by atoms with van der Waals surface area (Å²) >= 11 is 0. The van der Waals surface area contributed by atoms with Gasteiger partial charge in [0.2, 0.25) is 0 Å². The highest BCUT2D eigenvalue weighted by molar-refractivity contribution is 5.95. The van der Waals surface area contributed by atoms with Crippen LogP contribution in [0.4, 0.5) is 0 Å². The topological polar surface area (TPSA) is 46.6 Å². The Morgan fingerprint density at radius 2 is 1.78 bits per heavy atom. The number of carbonyl (C=O) groups excluding carboxylic acids is 2. The van der Waals surface area contributed by atoms with Crippen LogP contribution in [0.1, 0.15) is 63.2 Å². The third kappa shape index (κ3) is 4.57. The van der Waals surface area contributed by atoms with Gasteiger partial charge in [0.25, 0.3) is 5.91 Å². The lowest BCUT2D eigenvalue weighted by atomic mass is 10.1. The van der Waals surface area contributed by atoms with Crippen molar-refractivity contribution < 1.29 is 14.3 Å². The van der Waals surface area contributed by atoms with Crippen molar-refractivity contribution in [2.45, 2.75) is 65.0 Å². The van der Waals surface area contributed by atoms with Crippen LogP contribution in [-0.2, 0) is 4.79 Å². The van der Waals surface area contributed by atoms with E-state index in [4.69, 9.17) is 4.74 Å². The Bertz CT molecular complexity index is 530. The molecule has 0 unspecified atom stereocenters. The molecule has 1 aliphatic carbocycles. The Hall–Kier alpha value is -1.84. The van der Waals surface area contributed by atoms with Crippen LogP contribution in [0.15, 0.2) is 24.3 Å². The van der Waals surface area contributed by atoms with E-state index in [1.807, 2.05) is 11.8 Å². The minimum Gasteiger partial charge on any atom is -0.484 e. The number of amides is 1. The maximum absolute atomic E-state index is 12.5. The molecule has 126 valence electrons. The van der Waals surface area contributed by atoms with E-state index >= 15 is 0 Å². The van der Waals surface area contributed by atoms with Crippen molar-refractivity contribution in [1.82, 2.24) is 4.90 Å². The first-order valence-electron chi connectivity index (χ1n) is 8.60. The molecule has 1 fully saturated rings. The Morgan fingerprint density at radius 1 is 1.17 bits per heavy atom. The van der Waals surface area contributed by atoms with Gasteiger partial charge in [-0.25, -0.2) is 0 Å². The predicted octanol–water partition coefficient (Wildman–Crippen LogP) is 3.84. The summed E-state index contributed by atoms with van der Waals surface area (Å²) < 4.78 is 5.62. The molecule has 2 rings (SSSR count). The summed E-state index contributed by atoms with van der Waals surface area (Å²) in [4.78, 5) is 26.1. The molecule has 4 nitrogen and oxygen atoms in total. The molecule has 0 heterocycles. The number of hydrogen-bond acceptors (Lipinski definition) is 3. The van der Waals surface area contributed by atoms with Crippen molar-refractivity contribution >= 4 is 11.7 Å². The van der Waals surface area contributed by atoms with Crippen molar-refractivity contribution in [3.05, 3.63) is 29.8 Å². The van der Waals surface area contributed by atoms with Crippen LogP contribution in [-0.4, -0.2) is 35.3 Å². The third-order valence-corrected chi connectivity index (χ3v) is 4.42. The van der Waals surface area contributed by atoms with Gasteiger partial charge in [-0.3, -0.25) is 9.59 Å². The second kappa shape index (κ2) is 8.14. The predicted molar refractivity (Wildman–Crippen MR) is 90.8 cm³/mol. The Morgan fingerprint density at radius 3 is 2.30 bits per heavy atom. The molecule has 0 bridgehead atoms. The highest BCUT2D eigenvalue weighted by Gasteiger charge is 2.28. The van der Waals surface area contributed by atoms with Crippen LogP contribution in [0.3, 0.4) is 0 Å². The molecule has 0 N–H and O–H groups in total. The fraction of sp³-hybridized carbons (Fsp3) is 0.579. The second-order valence-corrected chi connectivity index (χ2v) is 6.42. The summed E-state index contributed by atoms with van der Waals surface area (Å²) in [5, 5.41) is 0. The second-order valence-electron chi connectivity index (χ2n) is 6.42. The maximum atomic E-state index is 12.5. The van der Waals surface area contributed by atoms with Gasteiger partial charge in [-0.15, -0.1) is 0 Å². The molecule has 0 aliphatic heterocycles. The summed E-state index contributed by atoms with van der Waals surface area (Å²) in [7, 11) is 0. The summed E-state index contributed by atoms with van der Waals surface area (Å²) in [6.45, 7) is 6.01. The zero-order valence-corrected chi connectivity index (χ0v) is 14.4. The number of rotatable bonds is 7. The summed E-state index contributed by atoms with van der Waals surface area (Å²) in [6, 6.07) is 7.57. The molecule has 1 aliphatic rings. The quantitative estimate of drug-likeness (QED) is 0.718. The molecule has 23 heavy (non-hydrogen) atoms. The molecule has 0 atom stereocenters. The van der Waals surface area contributed by atoms with Gasteiger partial charge < -0.3 is 9.64 Å². The van der Waals surface area contributed by atoms with E-state index in [-0.39, 0.29) is 24.3 Å². The van der Waals surface area contributed by atoms with E-state index in [0.29, 0.717) is 23.8 Å². The van der Waals surface area contributed by atoms with E-state index in [9.17, 15) is 9.59 Å². The van der Waals surface area contributed by atoms with Crippen molar-refractivity contribution in [2.24, 2.45) is 0 Å². The van der Waals surface area contributed by atoms with Gasteiger partial charge in [-0.1, -0.05) is 19.8 Å². The van der Waals surface area contributed by atoms with Gasteiger partial charge in [0.15, 0.2) is 12.4 Å². The Balaban J connectivity index is 1.93. The molecule has 0 saturated heterocycles. The van der Waals surface area contributed by atoms with Crippen molar-refractivity contribution in [3.8, 4) is 5.75 Å². The lowest BCUT2D eigenvalue weighted by molar-refractivity contribution is -0.137. The molecule has 0 radical (unpaired) electrons. The lowest BCUT2D eigenvalue weighted by Crippen LogP contribution is -2.45. The van der Waals surface area contributed by atoms with Gasteiger partial charge in [-0.05, 0) is 51.0 Å². The molecule has 1 aromatic carbocycles. The van der Waals surface area contributed by atoms with E-state index in [1.54, 1.807) is 24.3 Å². The first-order valence-corrected chi connectivity index (χ1v) is 8.60. The van der Waals surface area contributed by atoms with Gasteiger partial charge in [-0.2, -0.15) is 0 Å². The van der Waals surface area contributed by atoms with E-state index in [1.165, 1.54) is 12.8 Å². The minimum absolute atomic E-state index is 0.0422. The van der Waals surface area contributed by atoms with Crippen molar-refractivity contribution in [1.29, 1.82) is 0 Å². The van der Waals surface area contributed by atoms with E-state index in [2.05, 4.69) is 13.8 Å². The zero-order valence-electron chi connectivity index (χ0n) is 14.4. The van der Waals surface area contributed by atoms with Gasteiger partial charge in [0.1, 0.15) is 5.75 Å². The van der Waals surface area contributed by atoms with Gasteiger partial charge in [0, 0.05) is 24.1 Å². The van der Waals surface area contributed by atoms with Crippen molar-refractivity contribution in [3.63, 3.8) is 0 Å². The number of hydrogen-bond donors (Lipinski definition) is 0. The van der Waals surface area contributed by atoms with Crippen LogP contribution < -0.4 is 4.74 Å². The highest BCUT2D eigenvalue weighted by Crippen LogP contribution is 2.25. The molecule has 1 amide bonds. The average molecular weight is 317 g/mol. The van der Waals surface area contributed by atoms with Crippen LogP contribution >= 0.6 is 0 Å². The summed E-state index contributed by atoms with van der Waals surface area (Å²) in [5.74, 6) is 0.779. The Labute approximate surface area is 138 Å². The minimum atomic E-state index is 0.0422. The normalized spacial score (nSPS) is 15.0. The van der Waals surface area contributed by atoms with Gasteiger partial charge in [0.05, 0.1) is 0 Å². The number of ketones is 1. The van der Waals surface area contributed by atoms with Crippen molar-refractivity contribution in [2.75, 3.05) is 6.61 Å². The average Bonchev–Trinajstić information content (AvgIpc) is 3.06. The molecular formula is C19H27NO3.